The fourth-order valence-corrected chi connectivity index (χ4v) is 3.90. The topological polar surface area (TPSA) is 75.6 Å². The number of carbonyl (C=O) groups excluding carboxylic acids is 1. The maximum atomic E-state index is 12.0. The molecule has 5 heteroatoms. The summed E-state index contributed by atoms with van der Waals surface area (Å²) in [5.74, 6) is -0.672. The normalized spacial score (nSPS) is 42.1. The van der Waals surface area contributed by atoms with Gasteiger partial charge in [-0.05, 0) is 43.9 Å². The van der Waals surface area contributed by atoms with Gasteiger partial charge in [0.05, 0.1) is 5.92 Å². The van der Waals surface area contributed by atoms with E-state index in [1.54, 1.807) is 0 Å². The summed E-state index contributed by atoms with van der Waals surface area (Å²) in [5, 5.41) is 12.2. The number of carboxylic acid groups (broad SMARTS) is 1. The maximum Gasteiger partial charge on any atom is 0.308 e. The SMILES string of the molecule is O=C(O)C1C2CCC(C2)C1NC(=O)[C@H]1CCCO1. The molecule has 2 saturated carbocycles. The zero-order valence-corrected chi connectivity index (χ0v) is 10.3. The van der Waals surface area contributed by atoms with E-state index in [9.17, 15) is 14.7 Å². The molecule has 100 valence electrons. The lowest BCUT2D eigenvalue weighted by atomic mass is 9.84. The van der Waals surface area contributed by atoms with Gasteiger partial charge in [0.15, 0.2) is 0 Å². The minimum atomic E-state index is -0.764. The Balaban J connectivity index is 1.67. The lowest BCUT2D eigenvalue weighted by Gasteiger charge is -2.29. The van der Waals surface area contributed by atoms with Crippen LogP contribution in [-0.4, -0.2) is 35.7 Å². The summed E-state index contributed by atoms with van der Waals surface area (Å²) < 4.78 is 5.34. The van der Waals surface area contributed by atoms with Crippen molar-refractivity contribution in [1.29, 1.82) is 0 Å². The molecule has 1 saturated heterocycles. The van der Waals surface area contributed by atoms with Crippen molar-refractivity contribution >= 4 is 11.9 Å². The van der Waals surface area contributed by atoms with Gasteiger partial charge in [0.2, 0.25) is 5.91 Å². The first-order valence-electron chi connectivity index (χ1n) is 6.81. The molecular weight excluding hydrogens is 234 g/mol. The quantitative estimate of drug-likeness (QED) is 0.779. The molecule has 18 heavy (non-hydrogen) atoms. The predicted octanol–water partition coefficient (Wildman–Crippen LogP) is 0.781. The fourth-order valence-electron chi connectivity index (χ4n) is 3.90. The van der Waals surface area contributed by atoms with Crippen molar-refractivity contribution in [2.45, 2.75) is 44.2 Å². The third kappa shape index (κ3) is 1.90. The number of fused-ring (bicyclic) bond motifs is 2. The van der Waals surface area contributed by atoms with Crippen LogP contribution in [-0.2, 0) is 14.3 Å². The van der Waals surface area contributed by atoms with Gasteiger partial charge in [0.1, 0.15) is 6.10 Å². The van der Waals surface area contributed by atoms with Gasteiger partial charge < -0.3 is 15.2 Å². The van der Waals surface area contributed by atoms with Crippen LogP contribution >= 0.6 is 0 Å². The van der Waals surface area contributed by atoms with Gasteiger partial charge in [0, 0.05) is 12.6 Å². The van der Waals surface area contributed by atoms with Gasteiger partial charge in [-0.3, -0.25) is 9.59 Å². The highest BCUT2D eigenvalue weighted by Gasteiger charge is 2.51. The summed E-state index contributed by atoms with van der Waals surface area (Å²) in [6.45, 7) is 0.636. The molecule has 1 aliphatic heterocycles. The lowest BCUT2D eigenvalue weighted by Crippen LogP contribution is -2.49. The molecule has 1 amide bonds. The molecule has 1 heterocycles. The summed E-state index contributed by atoms with van der Waals surface area (Å²) in [6, 6.07) is -0.182. The average Bonchev–Trinajstić information content (AvgIpc) is 3.05. The average molecular weight is 253 g/mol. The van der Waals surface area contributed by atoms with Crippen LogP contribution in [0, 0.1) is 17.8 Å². The van der Waals surface area contributed by atoms with Crippen LogP contribution in [0.2, 0.25) is 0 Å². The van der Waals surface area contributed by atoms with Crippen LogP contribution in [0.5, 0.6) is 0 Å². The highest BCUT2D eigenvalue weighted by atomic mass is 16.5. The zero-order chi connectivity index (χ0) is 12.7. The van der Waals surface area contributed by atoms with Crippen molar-refractivity contribution < 1.29 is 19.4 Å². The number of amides is 1. The molecule has 2 aliphatic carbocycles. The summed E-state index contributed by atoms with van der Waals surface area (Å²) in [6.07, 6.45) is 4.30. The molecule has 3 aliphatic rings. The van der Waals surface area contributed by atoms with Crippen LogP contribution in [0.25, 0.3) is 0 Å². The maximum absolute atomic E-state index is 12.0. The van der Waals surface area contributed by atoms with Gasteiger partial charge in [-0.25, -0.2) is 0 Å². The molecule has 2 N–H and O–H groups in total. The minimum absolute atomic E-state index is 0.115. The zero-order valence-electron chi connectivity index (χ0n) is 10.3. The van der Waals surface area contributed by atoms with Crippen LogP contribution in [0.15, 0.2) is 0 Å². The minimum Gasteiger partial charge on any atom is -0.481 e. The molecular formula is C13H19NO4. The number of nitrogens with one attached hydrogen (secondary N) is 1. The molecule has 5 nitrogen and oxygen atoms in total. The number of carbonyl (C=O) groups is 2. The Hall–Kier alpha value is -1.10. The smallest absolute Gasteiger partial charge is 0.308 e. The molecule has 3 rings (SSSR count). The van der Waals surface area contributed by atoms with E-state index < -0.39 is 11.9 Å². The van der Waals surface area contributed by atoms with Crippen molar-refractivity contribution in [3.63, 3.8) is 0 Å². The monoisotopic (exact) mass is 253 g/mol. The van der Waals surface area contributed by atoms with Gasteiger partial charge in [-0.1, -0.05) is 0 Å². The highest BCUT2D eigenvalue weighted by Crippen LogP contribution is 2.48. The highest BCUT2D eigenvalue weighted by molar-refractivity contribution is 5.82. The Morgan fingerprint density at radius 1 is 1.17 bits per heavy atom. The van der Waals surface area contributed by atoms with E-state index in [0.29, 0.717) is 12.5 Å². The summed E-state index contributed by atoms with van der Waals surface area (Å²) >= 11 is 0. The Bertz CT molecular complexity index is 364. The van der Waals surface area contributed by atoms with Crippen LogP contribution in [0.3, 0.4) is 0 Å². The lowest BCUT2D eigenvalue weighted by molar-refractivity contribution is -0.145. The molecule has 0 radical (unpaired) electrons. The van der Waals surface area contributed by atoms with Crippen LogP contribution in [0.1, 0.15) is 32.1 Å². The van der Waals surface area contributed by atoms with E-state index in [0.717, 1.165) is 32.1 Å². The van der Waals surface area contributed by atoms with Crippen molar-refractivity contribution in [2.75, 3.05) is 6.61 Å². The molecule has 3 fully saturated rings. The molecule has 4 unspecified atom stereocenters. The van der Waals surface area contributed by atoms with Crippen LogP contribution < -0.4 is 5.32 Å². The second kappa shape index (κ2) is 4.53. The number of aliphatic carboxylic acids is 1. The summed E-state index contributed by atoms with van der Waals surface area (Å²) in [7, 11) is 0. The second-order valence-electron chi connectivity index (χ2n) is 5.73. The van der Waals surface area contributed by atoms with E-state index in [1.165, 1.54) is 0 Å². The second-order valence-corrected chi connectivity index (χ2v) is 5.73. The fraction of sp³-hybridized carbons (Fsp3) is 0.846. The summed E-state index contributed by atoms with van der Waals surface area (Å²) in [4.78, 5) is 23.3. The first kappa shape index (κ1) is 12.0. The Kier molecular flexibility index (Phi) is 3.01. The van der Waals surface area contributed by atoms with Gasteiger partial charge in [0.25, 0.3) is 0 Å². The molecule has 0 aromatic heterocycles. The third-order valence-electron chi connectivity index (χ3n) is 4.73. The van der Waals surface area contributed by atoms with Crippen molar-refractivity contribution in [3.8, 4) is 0 Å². The van der Waals surface area contributed by atoms with Crippen molar-refractivity contribution in [2.24, 2.45) is 17.8 Å². The number of ether oxygens (including phenoxy) is 1. The van der Waals surface area contributed by atoms with Gasteiger partial charge >= 0.3 is 5.97 Å². The first-order chi connectivity index (χ1) is 8.66. The van der Waals surface area contributed by atoms with Crippen molar-refractivity contribution in [3.05, 3.63) is 0 Å². The first-order valence-corrected chi connectivity index (χ1v) is 6.81. The van der Waals surface area contributed by atoms with E-state index in [1.807, 2.05) is 0 Å². The van der Waals surface area contributed by atoms with Crippen molar-refractivity contribution in [1.82, 2.24) is 5.32 Å². The third-order valence-corrected chi connectivity index (χ3v) is 4.73. The summed E-state index contributed by atoms with van der Waals surface area (Å²) in [5.41, 5.74) is 0. The van der Waals surface area contributed by atoms with E-state index >= 15 is 0 Å². The number of carboxylic acids is 1. The van der Waals surface area contributed by atoms with E-state index in [-0.39, 0.29) is 24.0 Å². The Morgan fingerprint density at radius 2 is 1.94 bits per heavy atom. The van der Waals surface area contributed by atoms with E-state index in [2.05, 4.69) is 5.32 Å². The molecule has 0 spiro atoms. The molecule has 2 bridgehead atoms. The molecule has 0 aromatic carbocycles. The Morgan fingerprint density at radius 3 is 2.61 bits per heavy atom. The van der Waals surface area contributed by atoms with Gasteiger partial charge in [-0.2, -0.15) is 0 Å². The van der Waals surface area contributed by atoms with Crippen LogP contribution in [0.4, 0.5) is 0 Å². The molecule has 5 atom stereocenters. The Labute approximate surface area is 106 Å². The van der Waals surface area contributed by atoms with Gasteiger partial charge in [-0.15, -0.1) is 0 Å². The predicted molar refractivity (Wildman–Crippen MR) is 62.9 cm³/mol. The number of rotatable bonds is 3. The largest absolute Gasteiger partial charge is 0.481 e. The molecule has 0 aromatic rings. The van der Waals surface area contributed by atoms with E-state index in [4.69, 9.17) is 4.74 Å². The standard InChI is InChI=1S/C13H19NO4/c15-12(9-2-1-5-18-9)14-11-8-4-3-7(6-8)10(11)13(16)17/h7-11H,1-6H2,(H,14,15)(H,16,17)/t7?,8?,9-,10?,11?/m1/s1. The number of hydrogen-bond acceptors (Lipinski definition) is 3. The number of hydrogen-bond donors (Lipinski definition) is 2.